The molecule has 21 heavy (non-hydrogen) atoms. The highest BCUT2D eigenvalue weighted by Crippen LogP contribution is 2.42. The van der Waals surface area contributed by atoms with Crippen LogP contribution in [0, 0.1) is 5.92 Å². The molecule has 0 saturated carbocycles. The van der Waals surface area contributed by atoms with Crippen molar-refractivity contribution in [1.82, 2.24) is 4.90 Å². The molecule has 108 valence electrons. The predicted octanol–water partition coefficient (Wildman–Crippen LogP) is 4.02. The van der Waals surface area contributed by atoms with Gasteiger partial charge in [-0.05, 0) is 17.5 Å². The van der Waals surface area contributed by atoms with Crippen molar-refractivity contribution in [2.24, 2.45) is 5.92 Å². The van der Waals surface area contributed by atoms with Crippen molar-refractivity contribution in [1.29, 1.82) is 0 Å². The number of nitrogens with zero attached hydrogens (tertiary/aromatic N) is 1. The van der Waals surface area contributed by atoms with Crippen LogP contribution in [0.3, 0.4) is 0 Å². The second kappa shape index (κ2) is 6.31. The maximum absolute atomic E-state index is 12.4. The van der Waals surface area contributed by atoms with Crippen LogP contribution in [-0.2, 0) is 11.3 Å². The molecule has 3 heteroatoms. The van der Waals surface area contributed by atoms with Gasteiger partial charge in [0.05, 0.1) is 12.0 Å². The molecule has 0 spiro atoms. The first-order valence-corrected chi connectivity index (χ1v) is 7.80. The number of hydrogen-bond acceptors (Lipinski definition) is 1. The van der Waals surface area contributed by atoms with Gasteiger partial charge in [-0.1, -0.05) is 60.7 Å². The minimum atomic E-state index is 0.0219. The summed E-state index contributed by atoms with van der Waals surface area (Å²) in [5.41, 5.74) is 2.36. The van der Waals surface area contributed by atoms with E-state index in [-0.39, 0.29) is 17.9 Å². The summed E-state index contributed by atoms with van der Waals surface area (Å²) in [6.07, 6.45) is 0.741. The zero-order chi connectivity index (χ0) is 14.7. The minimum Gasteiger partial charge on any atom is -0.330 e. The molecule has 1 saturated heterocycles. The second-order valence-electron chi connectivity index (χ2n) is 5.39. The van der Waals surface area contributed by atoms with Gasteiger partial charge in [-0.2, -0.15) is 0 Å². The molecular weight excluding hydrogens is 282 g/mol. The molecule has 2 atom stereocenters. The first kappa shape index (κ1) is 14.2. The lowest BCUT2D eigenvalue weighted by atomic mass is 9.80. The fourth-order valence-electron chi connectivity index (χ4n) is 3.04. The van der Waals surface area contributed by atoms with Crippen LogP contribution in [0.2, 0.25) is 0 Å². The molecular formula is C18H18ClNO. The molecule has 1 aliphatic heterocycles. The van der Waals surface area contributed by atoms with Crippen molar-refractivity contribution in [2.75, 3.05) is 5.88 Å². The molecule has 0 bridgehead atoms. The number of β-lactam (4-membered cyclic amide) rings is 1. The van der Waals surface area contributed by atoms with Crippen LogP contribution < -0.4 is 0 Å². The molecule has 0 unspecified atom stereocenters. The molecule has 1 aliphatic rings. The van der Waals surface area contributed by atoms with E-state index in [4.69, 9.17) is 11.6 Å². The summed E-state index contributed by atoms with van der Waals surface area (Å²) in [5, 5.41) is 0. The summed E-state index contributed by atoms with van der Waals surface area (Å²) >= 11 is 5.86. The smallest absolute Gasteiger partial charge is 0.229 e. The van der Waals surface area contributed by atoms with Gasteiger partial charge < -0.3 is 4.90 Å². The number of rotatable bonds is 5. The number of amides is 1. The second-order valence-corrected chi connectivity index (χ2v) is 5.77. The summed E-state index contributed by atoms with van der Waals surface area (Å²) in [7, 11) is 0. The lowest BCUT2D eigenvalue weighted by Crippen LogP contribution is -2.54. The van der Waals surface area contributed by atoms with Gasteiger partial charge in [0.15, 0.2) is 0 Å². The Bertz CT molecular complexity index is 599. The zero-order valence-electron chi connectivity index (χ0n) is 11.8. The van der Waals surface area contributed by atoms with Gasteiger partial charge in [-0.15, -0.1) is 11.6 Å². The van der Waals surface area contributed by atoms with Crippen molar-refractivity contribution in [3.8, 4) is 0 Å². The molecule has 2 aromatic carbocycles. The van der Waals surface area contributed by atoms with E-state index in [0.29, 0.717) is 12.4 Å². The SMILES string of the molecule is O=C1[C@@H](CCCl)[C@H](c2ccccc2)N1Cc1ccccc1. The molecule has 0 aromatic heterocycles. The molecule has 1 heterocycles. The molecule has 3 rings (SSSR count). The molecule has 2 aromatic rings. The lowest BCUT2D eigenvalue weighted by Gasteiger charge is -2.47. The topological polar surface area (TPSA) is 20.3 Å². The number of halogens is 1. The Balaban J connectivity index is 1.83. The average Bonchev–Trinajstić information content (AvgIpc) is 2.55. The van der Waals surface area contributed by atoms with Gasteiger partial charge in [-0.3, -0.25) is 4.79 Å². The highest BCUT2D eigenvalue weighted by atomic mass is 35.5. The normalized spacial score (nSPS) is 21.2. The first-order chi connectivity index (χ1) is 10.3. The lowest BCUT2D eigenvalue weighted by molar-refractivity contribution is -0.158. The van der Waals surface area contributed by atoms with Crippen molar-refractivity contribution >= 4 is 17.5 Å². The third-order valence-electron chi connectivity index (χ3n) is 4.07. The number of likely N-dealkylation sites (tertiary alicyclic amines) is 1. The van der Waals surface area contributed by atoms with E-state index in [1.165, 1.54) is 5.56 Å². The van der Waals surface area contributed by atoms with Crippen molar-refractivity contribution in [3.63, 3.8) is 0 Å². The zero-order valence-corrected chi connectivity index (χ0v) is 12.5. The summed E-state index contributed by atoms with van der Waals surface area (Å²) < 4.78 is 0. The monoisotopic (exact) mass is 299 g/mol. The third kappa shape index (κ3) is 2.81. The Morgan fingerprint density at radius 1 is 0.952 bits per heavy atom. The van der Waals surface area contributed by atoms with Crippen LogP contribution >= 0.6 is 11.6 Å². The van der Waals surface area contributed by atoms with E-state index in [1.54, 1.807) is 0 Å². The third-order valence-corrected chi connectivity index (χ3v) is 4.29. The van der Waals surface area contributed by atoms with Crippen LogP contribution in [0.1, 0.15) is 23.6 Å². The molecule has 0 N–H and O–H groups in total. The van der Waals surface area contributed by atoms with E-state index >= 15 is 0 Å². The van der Waals surface area contributed by atoms with Gasteiger partial charge in [-0.25, -0.2) is 0 Å². The van der Waals surface area contributed by atoms with Crippen molar-refractivity contribution in [2.45, 2.75) is 19.0 Å². The Morgan fingerprint density at radius 3 is 2.19 bits per heavy atom. The van der Waals surface area contributed by atoms with E-state index < -0.39 is 0 Å². The van der Waals surface area contributed by atoms with Crippen molar-refractivity contribution < 1.29 is 4.79 Å². The number of benzene rings is 2. The quantitative estimate of drug-likeness (QED) is 0.603. The van der Waals surface area contributed by atoms with Gasteiger partial charge in [0.25, 0.3) is 0 Å². The number of carbonyl (C=O) groups is 1. The Labute approximate surface area is 130 Å². The summed E-state index contributed by atoms with van der Waals surface area (Å²) in [6, 6.07) is 20.5. The molecule has 2 nitrogen and oxygen atoms in total. The number of alkyl halides is 1. The number of carbonyl (C=O) groups excluding carboxylic acids is 1. The summed E-state index contributed by atoms with van der Waals surface area (Å²) in [5.74, 6) is 0.765. The minimum absolute atomic E-state index is 0.0219. The summed E-state index contributed by atoms with van der Waals surface area (Å²) in [4.78, 5) is 14.4. The highest BCUT2D eigenvalue weighted by molar-refractivity contribution is 6.18. The van der Waals surface area contributed by atoms with E-state index in [2.05, 4.69) is 24.3 Å². The standard InChI is InChI=1S/C18H18ClNO/c19-12-11-16-17(15-9-5-2-6-10-15)20(18(16)21)13-14-7-3-1-4-8-14/h1-10,16-17H,11-13H2/t16-,17-/m0/s1. The van der Waals surface area contributed by atoms with Gasteiger partial charge in [0, 0.05) is 12.4 Å². The maximum atomic E-state index is 12.4. The van der Waals surface area contributed by atoms with E-state index in [1.807, 2.05) is 41.3 Å². The maximum Gasteiger partial charge on any atom is 0.229 e. The van der Waals surface area contributed by atoms with Gasteiger partial charge >= 0.3 is 0 Å². The molecule has 1 amide bonds. The van der Waals surface area contributed by atoms with Crippen LogP contribution in [0.5, 0.6) is 0 Å². The first-order valence-electron chi connectivity index (χ1n) is 7.26. The van der Waals surface area contributed by atoms with Gasteiger partial charge in [0.2, 0.25) is 5.91 Å². The molecule has 1 fully saturated rings. The van der Waals surface area contributed by atoms with Crippen LogP contribution in [-0.4, -0.2) is 16.7 Å². The summed E-state index contributed by atoms with van der Waals surface area (Å²) in [6.45, 7) is 0.665. The predicted molar refractivity (Wildman–Crippen MR) is 85.0 cm³/mol. The van der Waals surface area contributed by atoms with Crippen LogP contribution in [0.15, 0.2) is 60.7 Å². The van der Waals surface area contributed by atoms with Crippen LogP contribution in [0.4, 0.5) is 0 Å². The Hall–Kier alpha value is -1.80. The largest absolute Gasteiger partial charge is 0.330 e. The fourth-order valence-corrected chi connectivity index (χ4v) is 3.27. The van der Waals surface area contributed by atoms with E-state index in [0.717, 1.165) is 12.0 Å². The van der Waals surface area contributed by atoms with Crippen LogP contribution in [0.25, 0.3) is 0 Å². The molecule has 0 aliphatic carbocycles. The Morgan fingerprint density at radius 2 is 1.57 bits per heavy atom. The van der Waals surface area contributed by atoms with Crippen molar-refractivity contribution in [3.05, 3.63) is 71.8 Å². The number of hydrogen-bond donors (Lipinski definition) is 0. The Kier molecular flexibility index (Phi) is 4.26. The highest BCUT2D eigenvalue weighted by Gasteiger charge is 2.46. The average molecular weight is 300 g/mol. The van der Waals surface area contributed by atoms with Gasteiger partial charge in [0.1, 0.15) is 0 Å². The molecule has 0 radical (unpaired) electrons. The fraction of sp³-hybridized carbons (Fsp3) is 0.278. The van der Waals surface area contributed by atoms with E-state index in [9.17, 15) is 4.79 Å².